The monoisotopic (exact) mass is 462 g/mol. The maximum absolute atomic E-state index is 12.9. The zero-order chi connectivity index (χ0) is 24.0. The molecule has 178 valence electrons. The summed E-state index contributed by atoms with van der Waals surface area (Å²) >= 11 is 0. The van der Waals surface area contributed by atoms with Crippen molar-refractivity contribution in [3.63, 3.8) is 0 Å². The molecule has 0 unspecified atom stereocenters. The summed E-state index contributed by atoms with van der Waals surface area (Å²) in [5.41, 5.74) is -0.0806. The molecule has 3 aromatic rings. The van der Waals surface area contributed by atoms with Crippen molar-refractivity contribution in [1.82, 2.24) is 14.8 Å². The van der Waals surface area contributed by atoms with Gasteiger partial charge in [0.15, 0.2) is 0 Å². The van der Waals surface area contributed by atoms with Crippen LogP contribution >= 0.6 is 0 Å². The molecule has 9 heteroatoms. The lowest BCUT2D eigenvalue weighted by atomic mass is 9.96. The number of hydrogen-bond donors (Lipinski definition) is 1. The molecule has 1 N–H and O–H groups in total. The third kappa shape index (κ3) is 6.03. The first kappa shape index (κ1) is 24.5. The number of hydrogen-bond acceptors (Lipinski definition) is 4. The summed E-state index contributed by atoms with van der Waals surface area (Å²) < 4.78 is 46.0. The van der Waals surface area contributed by atoms with E-state index in [0.717, 1.165) is 36.0 Å². The maximum atomic E-state index is 12.9. The van der Waals surface area contributed by atoms with Gasteiger partial charge in [-0.2, -0.15) is 18.3 Å². The van der Waals surface area contributed by atoms with Gasteiger partial charge >= 0.3 is 6.18 Å². The van der Waals surface area contributed by atoms with Gasteiger partial charge in [0.25, 0.3) is 5.91 Å². The van der Waals surface area contributed by atoms with Gasteiger partial charge in [0, 0.05) is 30.0 Å². The van der Waals surface area contributed by atoms with E-state index in [1.807, 2.05) is 10.9 Å². The number of nitrogens with one attached hydrogen (secondary N) is 1. The highest BCUT2D eigenvalue weighted by Crippen LogP contribution is 2.34. The lowest BCUT2D eigenvalue weighted by Crippen LogP contribution is -2.15. The van der Waals surface area contributed by atoms with Gasteiger partial charge in [-0.15, -0.1) is 0 Å². The molecule has 1 saturated carbocycles. The zero-order valence-electron chi connectivity index (χ0n) is 19.1. The van der Waals surface area contributed by atoms with Crippen LogP contribution in [0.4, 0.5) is 18.9 Å². The molecule has 6 nitrogen and oxygen atoms in total. The number of methoxy groups -OCH3 is 1. The van der Waals surface area contributed by atoms with E-state index in [2.05, 4.69) is 29.2 Å². The summed E-state index contributed by atoms with van der Waals surface area (Å²) in [7, 11) is 1.46. The van der Waals surface area contributed by atoms with Crippen LogP contribution in [0.25, 0.3) is 10.9 Å². The van der Waals surface area contributed by atoms with E-state index < -0.39 is 17.6 Å². The predicted octanol–water partition coefficient (Wildman–Crippen LogP) is 6.63. The summed E-state index contributed by atoms with van der Waals surface area (Å²) in [6.45, 7) is 4.25. The number of carbonyl (C=O) groups excluding carboxylic acids is 1. The first-order chi connectivity index (χ1) is 15.8. The summed E-state index contributed by atoms with van der Waals surface area (Å²) in [5.74, 6) is -0.324. The Morgan fingerprint density at radius 1 is 1.15 bits per heavy atom. The van der Waals surface area contributed by atoms with Gasteiger partial charge in [-0.3, -0.25) is 14.5 Å². The van der Waals surface area contributed by atoms with Crippen LogP contribution in [0.5, 0.6) is 5.75 Å². The number of carbonyl (C=O) groups is 1. The van der Waals surface area contributed by atoms with Gasteiger partial charge in [-0.1, -0.05) is 39.5 Å². The van der Waals surface area contributed by atoms with E-state index >= 15 is 0 Å². The quantitative estimate of drug-likeness (QED) is 0.472. The molecule has 4 rings (SSSR count). The van der Waals surface area contributed by atoms with Gasteiger partial charge in [-0.25, -0.2) is 0 Å². The first-order valence-electron chi connectivity index (χ1n) is 11.2. The number of benzene rings is 1. The average Bonchev–Trinajstić information content (AvgIpc) is 3.22. The third-order valence-electron chi connectivity index (χ3n) is 5.37. The molecule has 1 fully saturated rings. The first-order valence-corrected chi connectivity index (χ1v) is 11.2. The van der Waals surface area contributed by atoms with E-state index in [0.29, 0.717) is 23.7 Å². The number of alkyl halides is 3. The normalized spacial score (nSPS) is 14.5. The lowest BCUT2D eigenvalue weighted by molar-refractivity contribution is -0.137. The number of aromatic nitrogens is 3. The Hall–Kier alpha value is -3.10. The van der Waals surface area contributed by atoms with E-state index in [-0.39, 0.29) is 5.56 Å². The van der Waals surface area contributed by atoms with E-state index in [1.165, 1.54) is 32.8 Å². The number of ether oxygens (including phenoxy) is 1. The smallest absolute Gasteiger partial charge is 0.417 e. The minimum atomic E-state index is -4.58. The fourth-order valence-corrected chi connectivity index (χ4v) is 3.78. The maximum Gasteiger partial charge on any atom is 0.417 e. The number of fused-ring (bicyclic) bond motifs is 1. The summed E-state index contributed by atoms with van der Waals surface area (Å²) in [5, 5.41) is 8.10. The Bertz CT molecular complexity index is 1090. The highest BCUT2D eigenvalue weighted by Gasteiger charge is 2.31. The highest BCUT2D eigenvalue weighted by molar-refractivity contribution is 6.06. The molecule has 2 heterocycles. The van der Waals surface area contributed by atoms with E-state index in [9.17, 15) is 18.0 Å². The highest BCUT2D eigenvalue weighted by atomic mass is 19.4. The second-order valence-electron chi connectivity index (χ2n) is 8.13. The van der Waals surface area contributed by atoms with Crippen molar-refractivity contribution in [2.75, 3.05) is 12.4 Å². The van der Waals surface area contributed by atoms with Crippen LogP contribution in [-0.2, 0) is 6.18 Å². The number of halogens is 3. The van der Waals surface area contributed by atoms with E-state index in [4.69, 9.17) is 4.74 Å². The molecule has 1 aliphatic carbocycles. The minimum absolute atomic E-state index is 0.190. The number of amides is 1. The summed E-state index contributed by atoms with van der Waals surface area (Å²) in [6, 6.07) is 4.56. The molecule has 0 saturated heterocycles. The van der Waals surface area contributed by atoms with Crippen LogP contribution in [-0.4, -0.2) is 27.8 Å². The van der Waals surface area contributed by atoms with Crippen molar-refractivity contribution in [1.29, 1.82) is 0 Å². The van der Waals surface area contributed by atoms with Gasteiger partial charge in [0.2, 0.25) is 0 Å². The molecular formula is C24H29F3N4O2. The molecule has 0 aliphatic heterocycles. The molecule has 1 aliphatic rings. The van der Waals surface area contributed by atoms with Crippen molar-refractivity contribution >= 4 is 22.5 Å². The largest absolute Gasteiger partial charge is 0.494 e. The summed E-state index contributed by atoms with van der Waals surface area (Å²) in [6.07, 6.45) is 6.15. The van der Waals surface area contributed by atoms with Gasteiger partial charge < -0.3 is 10.1 Å². The van der Waals surface area contributed by atoms with Crippen molar-refractivity contribution in [3.8, 4) is 5.75 Å². The second kappa shape index (κ2) is 10.7. The fourth-order valence-electron chi connectivity index (χ4n) is 3.78. The molecular weight excluding hydrogens is 433 g/mol. The lowest BCUT2D eigenvalue weighted by Gasteiger charge is -2.21. The fraction of sp³-hybridized carbons (Fsp3) is 0.458. The Morgan fingerprint density at radius 2 is 1.85 bits per heavy atom. The number of pyridine rings is 1. The molecule has 1 amide bonds. The third-order valence-corrected chi connectivity index (χ3v) is 5.37. The van der Waals surface area contributed by atoms with Crippen LogP contribution in [0.3, 0.4) is 0 Å². The molecule has 1 aromatic carbocycles. The molecule has 0 spiro atoms. The Labute approximate surface area is 191 Å². The van der Waals surface area contributed by atoms with Crippen molar-refractivity contribution < 1.29 is 22.7 Å². The molecule has 2 aromatic heterocycles. The van der Waals surface area contributed by atoms with Gasteiger partial charge in [0.05, 0.1) is 35.5 Å². The van der Waals surface area contributed by atoms with Crippen molar-refractivity contribution in [2.45, 2.75) is 64.6 Å². The average molecular weight is 463 g/mol. The zero-order valence-corrected chi connectivity index (χ0v) is 19.1. The van der Waals surface area contributed by atoms with E-state index in [1.54, 1.807) is 12.1 Å². The van der Waals surface area contributed by atoms with Crippen LogP contribution in [0.1, 0.15) is 74.3 Å². The van der Waals surface area contributed by atoms with Crippen LogP contribution in [0, 0.1) is 0 Å². The molecule has 33 heavy (non-hydrogen) atoms. The standard InChI is InChI=1S/C21H21F3N4O2.C3H8/c1-30-19-9-17-14(12-28(27-17)16-5-3-2-4-6-16)8-18(19)26-20(29)13-7-15(11-25-10-13)21(22,23)24;1-3-2/h7-12,16H,2-6H2,1H3,(H,26,29);3H2,1-2H3. The number of nitrogens with zero attached hydrogens (tertiary/aromatic N) is 3. The minimum Gasteiger partial charge on any atom is -0.494 e. The second-order valence-corrected chi connectivity index (χ2v) is 8.13. The van der Waals surface area contributed by atoms with Crippen LogP contribution in [0.15, 0.2) is 36.8 Å². The Kier molecular flexibility index (Phi) is 7.94. The Morgan fingerprint density at radius 3 is 2.48 bits per heavy atom. The van der Waals surface area contributed by atoms with Crippen LogP contribution < -0.4 is 10.1 Å². The predicted molar refractivity (Wildman–Crippen MR) is 122 cm³/mol. The number of rotatable bonds is 4. The van der Waals surface area contributed by atoms with Crippen LogP contribution in [0.2, 0.25) is 0 Å². The number of anilines is 1. The van der Waals surface area contributed by atoms with Gasteiger partial charge in [-0.05, 0) is 25.0 Å². The SMILES string of the molecule is CCC.COc1cc2nn(C3CCCCC3)cc2cc1NC(=O)c1cncc(C(F)(F)F)c1. The van der Waals surface area contributed by atoms with Gasteiger partial charge in [0.1, 0.15) is 5.75 Å². The molecule has 0 atom stereocenters. The Balaban J connectivity index is 0.000000968. The van der Waals surface area contributed by atoms with Crippen molar-refractivity contribution in [3.05, 3.63) is 47.9 Å². The molecule has 0 bridgehead atoms. The molecule has 0 radical (unpaired) electrons. The summed E-state index contributed by atoms with van der Waals surface area (Å²) in [4.78, 5) is 16.1. The van der Waals surface area contributed by atoms with Crippen molar-refractivity contribution in [2.24, 2.45) is 0 Å². The topological polar surface area (TPSA) is 69.0 Å².